The number of halogens is 2. The lowest BCUT2D eigenvalue weighted by molar-refractivity contribution is 0.306. The van der Waals surface area contributed by atoms with Crippen molar-refractivity contribution < 1.29 is 4.74 Å². The smallest absolute Gasteiger partial charge is 0.120 e. The van der Waals surface area contributed by atoms with E-state index in [0.29, 0.717) is 21.5 Å². The molecule has 1 aromatic heterocycles. The normalized spacial score (nSPS) is 11.6. The topological polar surface area (TPSA) is 53.1 Å². The molecule has 0 saturated heterocycles. The van der Waals surface area contributed by atoms with Gasteiger partial charge < -0.3 is 10.5 Å². The van der Waals surface area contributed by atoms with Crippen molar-refractivity contribution in [3.05, 3.63) is 64.3 Å². The van der Waals surface area contributed by atoms with Crippen LogP contribution in [0.25, 0.3) is 11.3 Å². The van der Waals surface area contributed by atoms with Crippen molar-refractivity contribution in [2.24, 2.45) is 0 Å². The Kier molecular flexibility index (Phi) is 5.17. The van der Waals surface area contributed by atoms with Gasteiger partial charge in [0.2, 0.25) is 0 Å². The monoisotopic (exact) mass is 389 g/mol. The fraction of sp³-hybridized carbons (Fsp3) is 0.250. The van der Waals surface area contributed by atoms with E-state index in [4.69, 9.17) is 33.7 Å². The zero-order chi connectivity index (χ0) is 18.9. The fourth-order valence-corrected chi connectivity index (χ4v) is 3.02. The summed E-state index contributed by atoms with van der Waals surface area (Å²) in [6.07, 6.45) is 1.85. The summed E-state index contributed by atoms with van der Waals surface area (Å²) < 4.78 is 7.76. The summed E-state index contributed by atoms with van der Waals surface area (Å²) >= 11 is 12.4. The number of aromatic nitrogens is 2. The molecule has 0 bridgehead atoms. The maximum Gasteiger partial charge on any atom is 0.120 e. The van der Waals surface area contributed by atoms with Crippen LogP contribution in [0.2, 0.25) is 10.0 Å². The molecule has 0 spiro atoms. The van der Waals surface area contributed by atoms with Crippen LogP contribution in [0.3, 0.4) is 0 Å². The average molecular weight is 390 g/mol. The van der Waals surface area contributed by atoms with Gasteiger partial charge >= 0.3 is 0 Å². The minimum Gasteiger partial charge on any atom is -0.489 e. The van der Waals surface area contributed by atoms with Gasteiger partial charge in [0.15, 0.2) is 0 Å². The first-order chi connectivity index (χ1) is 12.3. The third-order valence-corrected chi connectivity index (χ3v) is 4.69. The van der Waals surface area contributed by atoms with E-state index in [-0.39, 0.29) is 12.1 Å². The van der Waals surface area contributed by atoms with Crippen molar-refractivity contribution in [1.29, 1.82) is 0 Å². The minimum atomic E-state index is -0.138. The molecule has 3 rings (SSSR count). The molecule has 0 amide bonds. The minimum absolute atomic E-state index is 0.138. The lowest BCUT2D eigenvalue weighted by Gasteiger charge is -2.18. The largest absolute Gasteiger partial charge is 0.489 e. The summed E-state index contributed by atoms with van der Waals surface area (Å²) in [4.78, 5) is 0. The van der Waals surface area contributed by atoms with Gasteiger partial charge in [-0.1, -0.05) is 41.4 Å². The first-order valence-corrected chi connectivity index (χ1v) is 9.03. The van der Waals surface area contributed by atoms with Gasteiger partial charge in [-0.25, -0.2) is 0 Å². The van der Waals surface area contributed by atoms with E-state index in [1.165, 1.54) is 0 Å². The molecular weight excluding hydrogens is 369 g/mol. The lowest BCUT2D eigenvalue weighted by atomic mass is 10.1. The standard InChI is InChI=1S/C20H21Cl2N3O/c1-20(2,3)25-11-18(23)19(24-25)13-6-4-7-14(10-13)26-12-15-16(21)8-5-9-17(15)22/h4-11H,12,23H2,1-3H3. The molecule has 4 nitrogen and oxygen atoms in total. The molecule has 3 aromatic rings. The van der Waals surface area contributed by atoms with Crippen molar-refractivity contribution in [1.82, 2.24) is 9.78 Å². The van der Waals surface area contributed by atoms with E-state index >= 15 is 0 Å². The molecular formula is C20H21Cl2N3O. The van der Waals surface area contributed by atoms with Gasteiger partial charge in [0.1, 0.15) is 18.1 Å². The first kappa shape index (κ1) is 18.6. The van der Waals surface area contributed by atoms with Crippen molar-refractivity contribution in [3.63, 3.8) is 0 Å². The van der Waals surface area contributed by atoms with Crippen LogP contribution in [0.1, 0.15) is 26.3 Å². The summed E-state index contributed by atoms with van der Waals surface area (Å²) in [5.74, 6) is 0.697. The molecule has 0 aliphatic carbocycles. The molecule has 6 heteroatoms. The van der Waals surface area contributed by atoms with Crippen molar-refractivity contribution >= 4 is 28.9 Å². The highest BCUT2D eigenvalue weighted by Crippen LogP contribution is 2.30. The van der Waals surface area contributed by atoms with Gasteiger partial charge in [-0.3, -0.25) is 4.68 Å². The predicted octanol–water partition coefficient (Wildman–Crippen LogP) is 5.77. The SMILES string of the molecule is CC(C)(C)n1cc(N)c(-c2cccc(OCc3c(Cl)cccc3Cl)c2)n1. The third kappa shape index (κ3) is 3.97. The Balaban J connectivity index is 1.84. The summed E-state index contributed by atoms with van der Waals surface area (Å²) in [6, 6.07) is 13.1. The molecule has 1 heterocycles. The van der Waals surface area contributed by atoms with E-state index in [9.17, 15) is 0 Å². The second kappa shape index (κ2) is 7.22. The van der Waals surface area contributed by atoms with Crippen LogP contribution in [0.15, 0.2) is 48.7 Å². The quantitative estimate of drug-likeness (QED) is 0.615. The van der Waals surface area contributed by atoms with Gasteiger partial charge in [0.25, 0.3) is 0 Å². The van der Waals surface area contributed by atoms with Crippen LogP contribution in [-0.4, -0.2) is 9.78 Å². The molecule has 136 valence electrons. The summed E-state index contributed by atoms with van der Waals surface area (Å²) in [6.45, 7) is 6.52. The van der Waals surface area contributed by atoms with Crippen molar-refractivity contribution in [3.8, 4) is 17.0 Å². The van der Waals surface area contributed by atoms with E-state index in [2.05, 4.69) is 25.9 Å². The predicted molar refractivity (Wildman–Crippen MR) is 108 cm³/mol. The van der Waals surface area contributed by atoms with E-state index in [0.717, 1.165) is 16.8 Å². The highest BCUT2D eigenvalue weighted by molar-refractivity contribution is 6.35. The third-order valence-electron chi connectivity index (χ3n) is 3.98. The van der Waals surface area contributed by atoms with Gasteiger partial charge in [-0.2, -0.15) is 5.10 Å². The Labute approximate surface area is 163 Å². The van der Waals surface area contributed by atoms with Gasteiger partial charge in [0, 0.05) is 27.4 Å². The van der Waals surface area contributed by atoms with Crippen LogP contribution < -0.4 is 10.5 Å². The molecule has 26 heavy (non-hydrogen) atoms. The Hall–Kier alpha value is -2.17. The Morgan fingerprint density at radius 2 is 1.73 bits per heavy atom. The maximum atomic E-state index is 6.20. The molecule has 0 aliphatic rings. The molecule has 0 aliphatic heterocycles. The number of nitrogen functional groups attached to an aromatic ring is 1. The molecule has 0 unspecified atom stereocenters. The number of hydrogen-bond donors (Lipinski definition) is 1. The highest BCUT2D eigenvalue weighted by Gasteiger charge is 2.18. The second-order valence-electron chi connectivity index (χ2n) is 7.07. The number of nitrogens with zero attached hydrogens (tertiary/aromatic N) is 2. The van der Waals surface area contributed by atoms with Crippen LogP contribution in [0, 0.1) is 0 Å². The van der Waals surface area contributed by atoms with E-state index in [1.54, 1.807) is 12.1 Å². The van der Waals surface area contributed by atoms with Crippen LogP contribution in [-0.2, 0) is 12.1 Å². The summed E-state index contributed by atoms with van der Waals surface area (Å²) in [7, 11) is 0. The number of benzene rings is 2. The Morgan fingerprint density at radius 3 is 2.35 bits per heavy atom. The average Bonchev–Trinajstić information content (AvgIpc) is 2.97. The van der Waals surface area contributed by atoms with Crippen molar-refractivity contribution in [2.75, 3.05) is 5.73 Å². The highest BCUT2D eigenvalue weighted by atomic mass is 35.5. The molecule has 2 aromatic carbocycles. The molecule has 0 saturated carbocycles. The van der Waals surface area contributed by atoms with Crippen LogP contribution >= 0.6 is 23.2 Å². The van der Waals surface area contributed by atoms with Crippen molar-refractivity contribution in [2.45, 2.75) is 32.9 Å². The van der Waals surface area contributed by atoms with E-state index in [1.807, 2.05) is 41.2 Å². The van der Waals surface area contributed by atoms with Gasteiger partial charge in [0.05, 0.1) is 11.2 Å². The van der Waals surface area contributed by atoms with Crippen LogP contribution in [0.5, 0.6) is 5.75 Å². The number of nitrogens with two attached hydrogens (primary N) is 1. The zero-order valence-electron chi connectivity index (χ0n) is 15.0. The van der Waals surface area contributed by atoms with Crippen LogP contribution in [0.4, 0.5) is 5.69 Å². The number of rotatable bonds is 4. The second-order valence-corrected chi connectivity index (χ2v) is 7.88. The summed E-state index contributed by atoms with van der Waals surface area (Å²) in [5, 5.41) is 5.80. The molecule has 0 fully saturated rings. The fourth-order valence-electron chi connectivity index (χ4n) is 2.51. The summed E-state index contributed by atoms with van der Waals surface area (Å²) in [5.41, 5.74) is 9.05. The molecule has 2 N–H and O–H groups in total. The number of anilines is 1. The zero-order valence-corrected chi connectivity index (χ0v) is 16.5. The molecule has 0 radical (unpaired) electrons. The molecule has 0 atom stereocenters. The van der Waals surface area contributed by atoms with Gasteiger partial charge in [-0.15, -0.1) is 0 Å². The lowest BCUT2D eigenvalue weighted by Crippen LogP contribution is -2.22. The Bertz CT molecular complexity index is 909. The maximum absolute atomic E-state index is 6.20. The van der Waals surface area contributed by atoms with Gasteiger partial charge in [-0.05, 0) is 45.0 Å². The number of hydrogen-bond acceptors (Lipinski definition) is 3. The Morgan fingerprint density at radius 1 is 1.08 bits per heavy atom. The number of ether oxygens (including phenoxy) is 1. The van der Waals surface area contributed by atoms with E-state index < -0.39 is 0 Å². The first-order valence-electron chi connectivity index (χ1n) is 8.27.